The average molecular weight is 342 g/mol. The van der Waals surface area contributed by atoms with Crippen LogP contribution < -0.4 is 5.32 Å². The van der Waals surface area contributed by atoms with E-state index in [1.54, 1.807) is 18.2 Å². The van der Waals surface area contributed by atoms with Crippen molar-refractivity contribution in [2.24, 2.45) is 0 Å². The Morgan fingerprint density at radius 2 is 1.96 bits per heavy atom. The van der Waals surface area contributed by atoms with E-state index in [-0.39, 0.29) is 28.7 Å². The van der Waals surface area contributed by atoms with Gasteiger partial charge in [0, 0.05) is 12.6 Å². The highest BCUT2D eigenvalue weighted by Crippen LogP contribution is 2.31. The van der Waals surface area contributed by atoms with Crippen molar-refractivity contribution in [1.82, 2.24) is 4.98 Å². The fourth-order valence-electron chi connectivity index (χ4n) is 2.55. The minimum atomic E-state index is -0.491. The summed E-state index contributed by atoms with van der Waals surface area (Å²) in [5, 5.41) is 23.4. The van der Waals surface area contributed by atoms with Crippen LogP contribution >= 0.6 is 0 Å². The van der Waals surface area contributed by atoms with Crippen molar-refractivity contribution < 1.29 is 9.34 Å². The average Bonchev–Trinajstić information content (AvgIpc) is 3.04. The number of hydrogen-bond acceptors (Lipinski definition) is 6. The lowest BCUT2D eigenvalue weighted by atomic mass is 10.1. The molecule has 1 aromatic heterocycles. The molecule has 0 aliphatic heterocycles. The molecule has 0 aliphatic carbocycles. The van der Waals surface area contributed by atoms with Crippen molar-refractivity contribution in [3.63, 3.8) is 0 Å². The van der Waals surface area contributed by atoms with Gasteiger partial charge in [0.05, 0.1) is 4.92 Å². The summed E-state index contributed by atoms with van der Waals surface area (Å²) < 4.78 is 5.58. The molecule has 2 aromatic rings. The predicted molar refractivity (Wildman–Crippen MR) is 95.2 cm³/mol. The highest BCUT2D eigenvalue weighted by atomic mass is 16.6. The number of unbranched alkanes of at least 4 members (excludes halogenated alkanes) is 5. The first-order valence-electron chi connectivity index (χ1n) is 8.56. The zero-order valence-electron chi connectivity index (χ0n) is 14.3. The van der Waals surface area contributed by atoms with E-state index in [2.05, 4.69) is 17.2 Å². The van der Waals surface area contributed by atoms with Gasteiger partial charge in [-0.2, -0.15) is 10.2 Å². The molecule has 1 aromatic carbocycles. The van der Waals surface area contributed by atoms with E-state index in [4.69, 9.17) is 4.42 Å². The number of hydrogen-bond donors (Lipinski definition) is 1. The Bertz CT molecular complexity index is 749. The van der Waals surface area contributed by atoms with E-state index in [9.17, 15) is 15.4 Å². The smallest absolute Gasteiger partial charge is 0.282 e. The van der Waals surface area contributed by atoms with E-state index >= 15 is 0 Å². The molecule has 0 bridgehead atoms. The highest BCUT2D eigenvalue weighted by molar-refractivity contribution is 5.68. The molecule has 1 N–H and O–H groups in total. The molecule has 0 saturated carbocycles. The van der Waals surface area contributed by atoms with Crippen LogP contribution in [0.15, 0.2) is 28.7 Å². The fourth-order valence-corrected chi connectivity index (χ4v) is 2.55. The van der Waals surface area contributed by atoms with Crippen molar-refractivity contribution in [2.75, 3.05) is 11.9 Å². The van der Waals surface area contributed by atoms with Gasteiger partial charge in [-0.25, -0.2) is 0 Å². The Morgan fingerprint density at radius 3 is 2.68 bits per heavy atom. The van der Waals surface area contributed by atoms with Gasteiger partial charge in [0.1, 0.15) is 11.6 Å². The first-order chi connectivity index (χ1) is 12.2. The largest absolute Gasteiger partial charge is 0.419 e. The zero-order chi connectivity index (χ0) is 18.1. The van der Waals surface area contributed by atoms with Crippen molar-refractivity contribution in [3.05, 3.63) is 40.1 Å². The standard InChI is InChI=1S/C18H22N4O3/c1-2-3-4-5-6-9-12-20-18-15(13-19)21-17(25-18)14-10-7-8-11-16(14)22(23)24/h7-8,10-11,20H,2-6,9,12H2,1H3. The summed E-state index contributed by atoms with van der Waals surface area (Å²) in [6.07, 6.45) is 6.99. The molecule has 25 heavy (non-hydrogen) atoms. The van der Waals surface area contributed by atoms with Crippen molar-refractivity contribution in [1.29, 1.82) is 5.26 Å². The fraction of sp³-hybridized carbons (Fsp3) is 0.444. The predicted octanol–water partition coefficient (Wildman–Crippen LogP) is 4.89. The summed E-state index contributed by atoms with van der Waals surface area (Å²) >= 11 is 0. The van der Waals surface area contributed by atoms with Crippen LogP contribution in [0.3, 0.4) is 0 Å². The van der Waals surface area contributed by atoms with Gasteiger partial charge in [-0.15, -0.1) is 0 Å². The first-order valence-corrected chi connectivity index (χ1v) is 8.56. The quantitative estimate of drug-likeness (QED) is 0.374. The zero-order valence-corrected chi connectivity index (χ0v) is 14.3. The number of oxazole rings is 1. The third-order valence-corrected chi connectivity index (χ3v) is 3.88. The number of aromatic nitrogens is 1. The molecule has 0 aliphatic rings. The van der Waals surface area contributed by atoms with Gasteiger partial charge in [0.25, 0.3) is 5.69 Å². The van der Waals surface area contributed by atoms with Gasteiger partial charge in [0.2, 0.25) is 17.5 Å². The number of anilines is 1. The maximum atomic E-state index is 11.1. The SMILES string of the molecule is CCCCCCCCNc1oc(-c2ccccc2[N+](=O)[O-])nc1C#N. The van der Waals surface area contributed by atoms with E-state index < -0.39 is 4.92 Å². The Balaban J connectivity index is 2.03. The lowest BCUT2D eigenvalue weighted by Crippen LogP contribution is -2.01. The Hall–Kier alpha value is -2.88. The van der Waals surface area contributed by atoms with Crippen LogP contribution in [0.2, 0.25) is 0 Å². The number of nitrogens with zero attached hydrogens (tertiary/aromatic N) is 3. The summed E-state index contributed by atoms with van der Waals surface area (Å²) in [6, 6.07) is 8.15. The molecule has 0 amide bonds. The molecular weight excluding hydrogens is 320 g/mol. The Labute approximate surface area is 146 Å². The second-order valence-corrected chi connectivity index (χ2v) is 5.78. The number of nitro groups is 1. The molecule has 0 unspecified atom stereocenters. The third kappa shape index (κ3) is 5.05. The van der Waals surface area contributed by atoms with Gasteiger partial charge in [-0.3, -0.25) is 10.1 Å². The summed E-state index contributed by atoms with van der Waals surface area (Å²) in [7, 11) is 0. The second-order valence-electron chi connectivity index (χ2n) is 5.78. The maximum Gasteiger partial charge on any atom is 0.282 e. The van der Waals surface area contributed by atoms with Gasteiger partial charge in [-0.05, 0) is 12.5 Å². The van der Waals surface area contributed by atoms with E-state index in [0.717, 1.165) is 12.8 Å². The van der Waals surface area contributed by atoms with Crippen molar-refractivity contribution >= 4 is 11.6 Å². The van der Waals surface area contributed by atoms with Crippen LogP contribution in [0.25, 0.3) is 11.5 Å². The first kappa shape index (κ1) is 18.5. The van der Waals surface area contributed by atoms with Crippen LogP contribution in [0.1, 0.15) is 51.1 Å². The summed E-state index contributed by atoms with van der Waals surface area (Å²) in [5.41, 5.74) is 0.270. The number of nitro benzene ring substituents is 1. The maximum absolute atomic E-state index is 11.1. The van der Waals surface area contributed by atoms with Crippen LogP contribution in [0.4, 0.5) is 11.6 Å². The molecule has 1 heterocycles. The number of nitrogens with one attached hydrogen (secondary N) is 1. The van der Waals surface area contributed by atoms with Crippen LogP contribution in [-0.2, 0) is 0 Å². The second kappa shape index (κ2) is 9.42. The minimum absolute atomic E-state index is 0.0781. The number of benzene rings is 1. The molecule has 0 saturated heterocycles. The van der Waals surface area contributed by atoms with Gasteiger partial charge in [-0.1, -0.05) is 51.2 Å². The van der Waals surface area contributed by atoms with Crippen LogP contribution in [0, 0.1) is 21.4 Å². The topological polar surface area (TPSA) is 105 Å². The van der Waals surface area contributed by atoms with Crippen molar-refractivity contribution in [3.8, 4) is 17.5 Å². The Morgan fingerprint density at radius 1 is 1.24 bits per heavy atom. The molecule has 0 atom stereocenters. The number of para-hydroxylation sites is 1. The highest BCUT2D eigenvalue weighted by Gasteiger charge is 2.21. The molecule has 7 heteroatoms. The molecule has 2 rings (SSSR count). The Kier molecular flexibility index (Phi) is 6.96. The molecule has 0 fully saturated rings. The molecule has 132 valence electrons. The summed E-state index contributed by atoms with van der Waals surface area (Å²) in [5.74, 6) is 0.346. The third-order valence-electron chi connectivity index (χ3n) is 3.88. The minimum Gasteiger partial charge on any atom is -0.419 e. The van der Waals surface area contributed by atoms with E-state index in [1.807, 2.05) is 6.07 Å². The van der Waals surface area contributed by atoms with Crippen LogP contribution in [0.5, 0.6) is 0 Å². The monoisotopic (exact) mass is 342 g/mol. The van der Waals surface area contributed by atoms with E-state index in [0.29, 0.717) is 6.54 Å². The normalized spacial score (nSPS) is 10.4. The van der Waals surface area contributed by atoms with Gasteiger partial charge >= 0.3 is 0 Å². The molecule has 0 radical (unpaired) electrons. The molecular formula is C18H22N4O3. The van der Waals surface area contributed by atoms with Gasteiger partial charge < -0.3 is 9.73 Å². The van der Waals surface area contributed by atoms with Gasteiger partial charge in [0.15, 0.2) is 0 Å². The molecule has 0 spiro atoms. The summed E-state index contributed by atoms with van der Waals surface area (Å²) in [6.45, 7) is 2.86. The lowest BCUT2D eigenvalue weighted by Gasteiger charge is -2.03. The van der Waals surface area contributed by atoms with E-state index in [1.165, 1.54) is 31.7 Å². The number of rotatable bonds is 10. The lowest BCUT2D eigenvalue weighted by molar-refractivity contribution is -0.384. The van der Waals surface area contributed by atoms with Crippen molar-refractivity contribution in [2.45, 2.75) is 45.4 Å². The summed E-state index contributed by atoms with van der Waals surface area (Å²) in [4.78, 5) is 14.7. The number of nitriles is 1. The van der Waals surface area contributed by atoms with Crippen LogP contribution in [-0.4, -0.2) is 16.5 Å². The molecule has 7 nitrogen and oxygen atoms in total.